The molecule has 23 heavy (non-hydrogen) atoms. The molecule has 0 aliphatic rings. The summed E-state index contributed by atoms with van der Waals surface area (Å²) in [6.07, 6.45) is 1.42. The van der Waals surface area contributed by atoms with Gasteiger partial charge in [0, 0.05) is 0 Å². The minimum atomic E-state index is -3.81. The van der Waals surface area contributed by atoms with E-state index in [-0.39, 0.29) is 4.90 Å². The third kappa shape index (κ3) is 4.00. The fraction of sp³-hybridized carbons (Fsp3) is 0.312. The summed E-state index contributed by atoms with van der Waals surface area (Å²) < 4.78 is 37.6. The summed E-state index contributed by atoms with van der Waals surface area (Å²) in [5.41, 5.74) is 0.953. The monoisotopic (exact) mass is 337 g/mol. The third-order valence-corrected chi connectivity index (χ3v) is 4.99. The number of esters is 1. The first-order chi connectivity index (χ1) is 10.8. The van der Waals surface area contributed by atoms with Gasteiger partial charge in [-0.15, -0.1) is 0 Å². The number of sulfonamides is 1. The van der Waals surface area contributed by atoms with Crippen LogP contribution >= 0.6 is 0 Å². The van der Waals surface area contributed by atoms with Gasteiger partial charge >= 0.3 is 5.97 Å². The van der Waals surface area contributed by atoms with Crippen molar-refractivity contribution in [1.82, 2.24) is 4.72 Å². The maximum absolute atomic E-state index is 12.6. The lowest BCUT2D eigenvalue weighted by Crippen LogP contribution is -2.35. The van der Waals surface area contributed by atoms with E-state index in [2.05, 4.69) is 4.72 Å². The van der Waals surface area contributed by atoms with Crippen molar-refractivity contribution in [2.75, 3.05) is 7.11 Å². The summed E-state index contributed by atoms with van der Waals surface area (Å²) in [7, 11) is -2.55. The molecule has 0 bridgehead atoms. The highest BCUT2D eigenvalue weighted by Gasteiger charge is 2.32. The molecule has 2 aromatic rings. The average molecular weight is 337 g/mol. The summed E-state index contributed by atoms with van der Waals surface area (Å²) in [5.74, 6) is -0.928. The Kier molecular flexibility index (Phi) is 5.23. The van der Waals surface area contributed by atoms with Crippen molar-refractivity contribution >= 4 is 16.0 Å². The molecule has 2 atom stereocenters. The van der Waals surface area contributed by atoms with E-state index >= 15 is 0 Å². The van der Waals surface area contributed by atoms with Crippen molar-refractivity contribution in [3.05, 3.63) is 54.0 Å². The van der Waals surface area contributed by atoms with Crippen LogP contribution in [-0.2, 0) is 19.6 Å². The van der Waals surface area contributed by atoms with Crippen LogP contribution < -0.4 is 4.72 Å². The van der Waals surface area contributed by atoms with Crippen molar-refractivity contribution < 1.29 is 22.4 Å². The molecule has 6 nitrogen and oxygen atoms in total. The molecule has 1 aromatic heterocycles. The van der Waals surface area contributed by atoms with Gasteiger partial charge in [-0.1, -0.05) is 17.7 Å². The van der Waals surface area contributed by atoms with Crippen LogP contribution in [0.5, 0.6) is 0 Å². The quantitative estimate of drug-likeness (QED) is 0.818. The molecular weight excluding hydrogens is 318 g/mol. The van der Waals surface area contributed by atoms with Crippen molar-refractivity contribution in [3.63, 3.8) is 0 Å². The summed E-state index contributed by atoms with van der Waals surface area (Å²) in [5, 5.41) is 0. The normalized spacial score (nSPS) is 14.2. The number of aryl methyl sites for hydroxylation is 1. The van der Waals surface area contributed by atoms with Crippen LogP contribution in [0.3, 0.4) is 0 Å². The summed E-state index contributed by atoms with van der Waals surface area (Å²) >= 11 is 0. The number of carbonyl (C=O) groups excluding carboxylic acids is 1. The van der Waals surface area contributed by atoms with E-state index in [9.17, 15) is 13.2 Å². The van der Waals surface area contributed by atoms with E-state index < -0.39 is 28.0 Å². The van der Waals surface area contributed by atoms with Gasteiger partial charge in [-0.2, -0.15) is 4.72 Å². The molecule has 0 unspecified atom stereocenters. The van der Waals surface area contributed by atoms with E-state index in [4.69, 9.17) is 9.15 Å². The minimum absolute atomic E-state index is 0.122. The largest absolute Gasteiger partial charge is 0.469 e. The fourth-order valence-electron chi connectivity index (χ4n) is 2.15. The van der Waals surface area contributed by atoms with Crippen LogP contribution in [0.1, 0.15) is 24.3 Å². The maximum Gasteiger partial charge on any atom is 0.310 e. The number of furan rings is 1. The molecule has 0 saturated carbocycles. The molecule has 0 saturated heterocycles. The molecule has 1 heterocycles. The zero-order valence-corrected chi connectivity index (χ0v) is 14.0. The number of methoxy groups -OCH3 is 1. The Morgan fingerprint density at radius 2 is 1.87 bits per heavy atom. The first kappa shape index (κ1) is 17.2. The fourth-order valence-corrected chi connectivity index (χ4v) is 3.43. The Labute approximate surface area is 135 Å². The van der Waals surface area contributed by atoms with E-state index in [1.54, 1.807) is 31.2 Å². The zero-order valence-electron chi connectivity index (χ0n) is 13.1. The molecule has 1 aromatic carbocycles. The van der Waals surface area contributed by atoms with Gasteiger partial charge < -0.3 is 9.15 Å². The van der Waals surface area contributed by atoms with Crippen LogP contribution in [0.2, 0.25) is 0 Å². The molecule has 2 rings (SSSR count). The van der Waals surface area contributed by atoms with Gasteiger partial charge in [0.05, 0.1) is 30.2 Å². The molecule has 7 heteroatoms. The van der Waals surface area contributed by atoms with Gasteiger partial charge in [0.2, 0.25) is 10.0 Å². The summed E-state index contributed by atoms with van der Waals surface area (Å²) in [6, 6.07) is 8.83. The third-order valence-electron chi connectivity index (χ3n) is 3.54. The molecule has 0 aliphatic heterocycles. The van der Waals surface area contributed by atoms with E-state index in [0.29, 0.717) is 5.76 Å². The van der Waals surface area contributed by atoms with Gasteiger partial charge in [-0.25, -0.2) is 8.42 Å². The van der Waals surface area contributed by atoms with Gasteiger partial charge in [-0.05, 0) is 38.1 Å². The van der Waals surface area contributed by atoms with Gasteiger partial charge in [0.25, 0.3) is 0 Å². The number of hydrogen-bond acceptors (Lipinski definition) is 5. The lowest BCUT2D eigenvalue weighted by Gasteiger charge is -2.21. The molecular formula is C16H19NO5S. The second-order valence-electron chi connectivity index (χ2n) is 5.24. The highest BCUT2D eigenvalue weighted by Crippen LogP contribution is 2.26. The number of ether oxygens (including phenoxy) is 1. The van der Waals surface area contributed by atoms with Gasteiger partial charge in [0.1, 0.15) is 5.76 Å². The molecule has 0 amide bonds. The lowest BCUT2D eigenvalue weighted by atomic mass is 10.0. The van der Waals surface area contributed by atoms with Crippen LogP contribution in [0.25, 0.3) is 0 Å². The van der Waals surface area contributed by atoms with E-state index in [1.165, 1.54) is 25.5 Å². The molecule has 0 aliphatic carbocycles. The van der Waals surface area contributed by atoms with Gasteiger partial charge in [-0.3, -0.25) is 4.79 Å². The maximum atomic E-state index is 12.6. The lowest BCUT2D eigenvalue weighted by molar-refractivity contribution is -0.145. The van der Waals surface area contributed by atoms with Gasteiger partial charge in [0.15, 0.2) is 0 Å². The number of benzene rings is 1. The Hall–Kier alpha value is -2.12. The van der Waals surface area contributed by atoms with E-state index in [0.717, 1.165) is 5.56 Å². The van der Waals surface area contributed by atoms with Crippen LogP contribution in [-0.4, -0.2) is 21.5 Å². The zero-order chi connectivity index (χ0) is 17.0. The number of rotatable bonds is 6. The van der Waals surface area contributed by atoms with E-state index in [1.807, 2.05) is 6.92 Å². The highest BCUT2D eigenvalue weighted by molar-refractivity contribution is 7.89. The second-order valence-corrected chi connectivity index (χ2v) is 6.95. The SMILES string of the molecule is COC(=O)[C@H](C)[C@H](NS(=O)(=O)c1ccc(C)cc1)c1ccco1. The van der Waals surface area contributed by atoms with Crippen molar-refractivity contribution in [2.45, 2.75) is 24.8 Å². The second kappa shape index (κ2) is 6.97. The molecule has 124 valence electrons. The molecule has 0 fully saturated rings. The Bertz CT molecular complexity index is 750. The number of carbonyl (C=O) groups is 1. The Balaban J connectivity index is 2.33. The Morgan fingerprint density at radius 1 is 1.22 bits per heavy atom. The van der Waals surface area contributed by atoms with Crippen LogP contribution in [0.4, 0.5) is 0 Å². The minimum Gasteiger partial charge on any atom is -0.469 e. The van der Waals surface area contributed by atoms with Crippen molar-refractivity contribution in [3.8, 4) is 0 Å². The number of nitrogens with one attached hydrogen (secondary N) is 1. The summed E-state index contributed by atoms with van der Waals surface area (Å²) in [4.78, 5) is 11.9. The van der Waals surface area contributed by atoms with Crippen molar-refractivity contribution in [2.24, 2.45) is 5.92 Å². The predicted molar refractivity (Wildman–Crippen MR) is 84.1 cm³/mol. The predicted octanol–water partition coefficient (Wildman–Crippen LogP) is 2.42. The topological polar surface area (TPSA) is 85.6 Å². The standard InChI is InChI=1S/C16H19NO5S/c1-11-6-8-13(9-7-11)23(19,20)17-15(12(2)16(18)21-3)14-5-4-10-22-14/h4-10,12,15,17H,1-3H3/t12-,15+/m1/s1. The number of hydrogen-bond donors (Lipinski definition) is 1. The average Bonchev–Trinajstić information content (AvgIpc) is 3.06. The van der Waals surface area contributed by atoms with Crippen molar-refractivity contribution in [1.29, 1.82) is 0 Å². The first-order valence-electron chi connectivity index (χ1n) is 7.05. The highest BCUT2D eigenvalue weighted by atomic mass is 32.2. The Morgan fingerprint density at radius 3 is 2.39 bits per heavy atom. The first-order valence-corrected chi connectivity index (χ1v) is 8.53. The van der Waals surface area contributed by atoms with Crippen LogP contribution in [0, 0.1) is 12.8 Å². The molecule has 0 radical (unpaired) electrons. The summed E-state index contributed by atoms with van der Waals surface area (Å²) in [6.45, 7) is 3.45. The van der Waals surface area contributed by atoms with Crippen LogP contribution in [0.15, 0.2) is 52.0 Å². The molecule has 0 spiro atoms. The molecule has 1 N–H and O–H groups in total. The smallest absolute Gasteiger partial charge is 0.310 e.